The van der Waals surface area contributed by atoms with Gasteiger partial charge in [0.1, 0.15) is 6.04 Å². The zero-order chi connectivity index (χ0) is 14.0. The first-order valence-electron chi connectivity index (χ1n) is 7.16. The standard InChI is InChI=1S/C14H24N2O3/c1-4-10(2)12-13(18)16(7-5-11(17)15-12)14(3)6-8-19-9-14/h10,12H,4-9H2,1-3H3,(H,15,17). The van der Waals surface area contributed by atoms with E-state index in [0.29, 0.717) is 26.2 Å². The van der Waals surface area contributed by atoms with Crippen LogP contribution in [0.15, 0.2) is 0 Å². The first-order chi connectivity index (χ1) is 8.98. The second-order valence-electron chi connectivity index (χ2n) is 5.97. The summed E-state index contributed by atoms with van der Waals surface area (Å²) in [6.45, 7) is 7.87. The van der Waals surface area contributed by atoms with E-state index in [1.165, 1.54) is 0 Å². The molecule has 19 heavy (non-hydrogen) atoms. The molecule has 0 aromatic heterocycles. The van der Waals surface area contributed by atoms with Crippen molar-refractivity contribution in [2.45, 2.75) is 51.6 Å². The zero-order valence-corrected chi connectivity index (χ0v) is 12.1. The van der Waals surface area contributed by atoms with E-state index in [0.717, 1.165) is 12.8 Å². The van der Waals surface area contributed by atoms with Gasteiger partial charge in [-0.2, -0.15) is 0 Å². The Kier molecular flexibility index (Phi) is 4.13. The Morgan fingerprint density at radius 1 is 1.53 bits per heavy atom. The molecule has 0 spiro atoms. The van der Waals surface area contributed by atoms with Crippen LogP contribution < -0.4 is 5.32 Å². The summed E-state index contributed by atoms with van der Waals surface area (Å²) in [7, 11) is 0. The molecule has 3 unspecified atom stereocenters. The van der Waals surface area contributed by atoms with E-state index < -0.39 is 6.04 Å². The van der Waals surface area contributed by atoms with Crippen molar-refractivity contribution in [2.75, 3.05) is 19.8 Å². The lowest BCUT2D eigenvalue weighted by molar-refractivity contribution is -0.140. The van der Waals surface area contributed by atoms with E-state index in [1.807, 2.05) is 18.7 Å². The largest absolute Gasteiger partial charge is 0.379 e. The Labute approximate surface area is 114 Å². The molecule has 108 valence electrons. The van der Waals surface area contributed by atoms with Gasteiger partial charge < -0.3 is 15.0 Å². The van der Waals surface area contributed by atoms with Crippen LogP contribution in [0.3, 0.4) is 0 Å². The summed E-state index contributed by atoms with van der Waals surface area (Å²) in [6, 6.07) is -0.391. The van der Waals surface area contributed by atoms with Crippen molar-refractivity contribution in [3.8, 4) is 0 Å². The van der Waals surface area contributed by atoms with Crippen molar-refractivity contribution >= 4 is 11.8 Å². The molecule has 3 atom stereocenters. The van der Waals surface area contributed by atoms with Crippen molar-refractivity contribution in [2.24, 2.45) is 5.92 Å². The minimum absolute atomic E-state index is 0.0244. The number of nitrogens with zero attached hydrogens (tertiary/aromatic N) is 1. The van der Waals surface area contributed by atoms with Crippen LogP contribution in [0.5, 0.6) is 0 Å². The van der Waals surface area contributed by atoms with E-state index in [2.05, 4.69) is 12.2 Å². The van der Waals surface area contributed by atoms with E-state index in [-0.39, 0.29) is 23.3 Å². The maximum absolute atomic E-state index is 12.7. The maximum atomic E-state index is 12.7. The molecule has 0 saturated carbocycles. The van der Waals surface area contributed by atoms with E-state index in [1.54, 1.807) is 0 Å². The highest BCUT2D eigenvalue weighted by atomic mass is 16.5. The maximum Gasteiger partial charge on any atom is 0.245 e. The predicted molar refractivity (Wildman–Crippen MR) is 71.6 cm³/mol. The van der Waals surface area contributed by atoms with Crippen molar-refractivity contribution in [3.05, 3.63) is 0 Å². The monoisotopic (exact) mass is 268 g/mol. The van der Waals surface area contributed by atoms with Gasteiger partial charge in [-0.1, -0.05) is 20.3 Å². The predicted octanol–water partition coefficient (Wildman–Crippen LogP) is 0.929. The highest BCUT2D eigenvalue weighted by Gasteiger charge is 2.43. The number of ether oxygens (including phenoxy) is 1. The third-order valence-corrected chi connectivity index (χ3v) is 4.47. The fourth-order valence-corrected chi connectivity index (χ4v) is 2.83. The number of hydrogen-bond acceptors (Lipinski definition) is 3. The molecule has 5 nitrogen and oxygen atoms in total. The Morgan fingerprint density at radius 3 is 2.84 bits per heavy atom. The summed E-state index contributed by atoms with van der Waals surface area (Å²) in [5, 5.41) is 2.88. The van der Waals surface area contributed by atoms with Crippen LogP contribution in [-0.4, -0.2) is 48.1 Å². The minimum atomic E-state index is -0.391. The van der Waals surface area contributed by atoms with Crippen LogP contribution in [-0.2, 0) is 14.3 Å². The first kappa shape index (κ1) is 14.3. The van der Waals surface area contributed by atoms with Gasteiger partial charge >= 0.3 is 0 Å². The Hall–Kier alpha value is -1.10. The first-order valence-corrected chi connectivity index (χ1v) is 7.16. The van der Waals surface area contributed by atoms with E-state index in [9.17, 15) is 9.59 Å². The van der Waals surface area contributed by atoms with Gasteiger partial charge in [0.2, 0.25) is 11.8 Å². The second-order valence-corrected chi connectivity index (χ2v) is 5.97. The molecule has 2 aliphatic heterocycles. The average molecular weight is 268 g/mol. The van der Waals surface area contributed by atoms with E-state index >= 15 is 0 Å². The molecule has 2 aliphatic rings. The lowest BCUT2D eigenvalue weighted by Crippen LogP contribution is -2.56. The van der Waals surface area contributed by atoms with Crippen LogP contribution >= 0.6 is 0 Å². The average Bonchev–Trinajstić information content (AvgIpc) is 2.76. The van der Waals surface area contributed by atoms with Gasteiger partial charge in [-0.25, -0.2) is 0 Å². The van der Waals surface area contributed by atoms with Gasteiger partial charge in [0.15, 0.2) is 0 Å². The molecule has 0 radical (unpaired) electrons. The normalized spacial score (nSPS) is 34.1. The van der Waals surface area contributed by atoms with Gasteiger partial charge in [-0.3, -0.25) is 9.59 Å². The number of amides is 2. The lowest BCUT2D eigenvalue weighted by atomic mass is 9.94. The highest BCUT2D eigenvalue weighted by Crippen LogP contribution is 2.28. The lowest BCUT2D eigenvalue weighted by Gasteiger charge is -2.38. The Balaban J connectivity index is 2.23. The molecule has 5 heteroatoms. The molecule has 0 bridgehead atoms. The fourth-order valence-electron chi connectivity index (χ4n) is 2.83. The van der Waals surface area contributed by atoms with Crippen LogP contribution in [0.4, 0.5) is 0 Å². The molecule has 2 rings (SSSR count). The molecule has 1 N–H and O–H groups in total. The number of carbonyl (C=O) groups is 2. The molecule has 0 aromatic carbocycles. The molecule has 2 heterocycles. The van der Waals surface area contributed by atoms with E-state index in [4.69, 9.17) is 4.74 Å². The van der Waals surface area contributed by atoms with Gasteiger partial charge in [-0.15, -0.1) is 0 Å². The van der Waals surface area contributed by atoms with Crippen molar-refractivity contribution in [3.63, 3.8) is 0 Å². The van der Waals surface area contributed by atoms with Crippen molar-refractivity contribution in [1.82, 2.24) is 10.2 Å². The second kappa shape index (κ2) is 5.49. The third-order valence-electron chi connectivity index (χ3n) is 4.47. The van der Waals surface area contributed by atoms with Gasteiger partial charge in [0, 0.05) is 19.6 Å². The summed E-state index contributed by atoms with van der Waals surface area (Å²) in [5.41, 5.74) is -0.255. The number of rotatable bonds is 3. The van der Waals surface area contributed by atoms with Crippen LogP contribution in [0.1, 0.15) is 40.0 Å². The third kappa shape index (κ3) is 2.76. The smallest absolute Gasteiger partial charge is 0.245 e. The quantitative estimate of drug-likeness (QED) is 0.828. The van der Waals surface area contributed by atoms with Crippen LogP contribution in [0.25, 0.3) is 0 Å². The highest BCUT2D eigenvalue weighted by molar-refractivity contribution is 5.90. The molecule has 0 aliphatic carbocycles. The summed E-state index contributed by atoms with van der Waals surface area (Å²) < 4.78 is 5.45. The van der Waals surface area contributed by atoms with Crippen LogP contribution in [0.2, 0.25) is 0 Å². The Bertz CT molecular complexity index is 364. The number of carbonyl (C=O) groups excluding carboxylic acids is 2. The van der Waals surface area contributed by atoms with Gasteiger partial charge in [0.05, 0.1) is 12.1 Å². The molecular formula is C14H24N2O3. The van der Waals surface area contributed by atoms with Crippen molar-refractivity contribution < 1.29 is 14.3 Å². The summed E-state index contributed by atoms with van der Waals surface area (Å²) >= 11 is 0. The zero-order valence-electron chi connectivity index (χ0n) is 12.1. The summed E-state index contributed by atoms with van der Waals surface area (Å²) in [4.78, 5) is 26.4. The Morgan fingerprint density at radius 2 is 2.26 bits per heavy atom. The molecule has 2 fully saturated rings. The topological polar surface area (TPSA) is 58.6 Å². The van der Waals surface area contributed by atoms with Crippen molar-refractivity contribution in [1.29, 1.82) is 0 Å². The van der Waals surface area contributed by atoms with Gasteiger partial charge in [-0.05, 0) is 19.3 Å². The SMILES string of the molecule is CCC(C)C1NC(=O)CCN(C2(C)CCOC2)C1=O. The van der Waals surface area contributed by atoms with Crippen LogP contribution in [0, 0.1) is 5.92 Å². The minimum Gasteiger partial charge on any atom is -0.379 e. The summed E-state index contributed by atoms with van der Waals surface area (Å²) in [5.74, 6) is 0.180. The van der Waals surface area contributed by atoms with Gasteiger partial charge in [0.25, 0.3) is 0 Å². The fraction of sp³-hybridized carbons (Fsp3) is 0.857. The molecule has 0 aromatic rings. The molecule has 2 amide bonds. The summed E-state index contributed by atoms with van der Waals surface area (Å²) in [6.07, 6.45) is 2.10. The molecular weight excluding hydrogens is 244 g/mol. The molecule has 2 saturated heterocycles. The number of nitrogens with one attached hydrogen (secondary N) is 1. The number of hydrogen-bond donors (Lipinski definition) is 1.